The molecule has 1 aromatic carbocycles. The molecule has 3 aromatic rings. The van der Waals surface area contributed by atoms with Crippen LogP contribution in [0.1, 0.15) is 11.1 Å². The molecule has 0 bridgehead atoms. The van der Waals surface area contributed by atoms with Crippen LogP contribution >= 0.6 is 11.6 Å². The molecule has 2 N–H and O–H groups in total. The molecule has 3 heterocycles. The molecule has 1 aliphatic heterocycles. The first-order valence-electron chi connectivity index (χ1n) is 9.73. The van der Waals surface area contributed by atoms with Crippen LogP contribution in [0.3, 0.4) is 0 Å². The number of hydrogen-bond donors (Lipinski definition) is 2. The van der Waals surface area contributed by atoms with Crippen molar-refractivity contribution in [2.24, 2.45) is 7.05 Å². The van der Waals surface area contributed by atoms with Crippen molar-refractivity contribution in [3.05, 3.63) is 40.7 Å². The Balaban J connectivity index is 1.63. The molecule has 11 heteroatoms. The topological polar surface area (TPSA) is 67.2 Å². The van der Waals surface area contributed by atoms with Crippen LogP contribution in [0.2, 0.25) is 5.02 Å². The molecule has 7 nitrogen and oxygen atoms in total. The number of alkyl halides is 3. The Kier molecular flexibility index (Phi) is 5.96. The Bertz CT molecular complexity index is 1090. The molecule has 166 valence electrons. The predicted molar refractivity (Wildman–Crippen MR) is 114 cm³/mol. The first-order chi connectivity index (χ1) is 14.8. The van der Waals surface area contributed by atoms with Gasteiger partial charge in [-0.25, -0.2) is 4.98 Å². The van der Waals surface area contributed by atoms with E-state index in [1.54, 1.807) is 0 Å². The average Bonchev–Trinajstić information content (AvgIpc) is 3.02. The third-order valence-electron chi connectivity index (χ3n) is 5.24. The van der Waals surface area contributed by atoms with Crippen LogP contribution in [-0.2, 0) is 24.5 Å². The molecule has 1 fully saturated rings. The van der Waals surface area contributed by atoms with E-state index in [9.17, 15) is 13.2 Å². The summed E-state index contributed by atoms with van der Waals surface area (Å²) in [7, 11) is 3.32. The summed E-state index contributed by atoms with van der Waals surface area (Å²) in [6.07, 6.45) is -1.74. The lowest BCUT2D eigenvalue weighted by atomic mass is 10.1. The second kappa shape index (κ2) is 8.52. The first kappa shape index (κ1) is 21.7. The zero-order valence-corrected chi connectivity index (χ0v) is 17.8. The highest BCUT2D eigenvalue weighted by Crippen LogP contribution is 2.35. The summed E-state index contributed by atoms with van der Waals surface area (Å²) in [4.78, 5) is 10.1. The highest BCUT2D eigenvalue weighted by Gasteiger charge is 2.35. The van der Waals surface area contributed by atoms with E-state index in [-0.39, 0.29) is 11.8 Å². The van der Waals surface area contributed by atoms with E-state index in [4.69, 9.17) is 16.3 Å². The lowest BCUT2D eigenvalue weighted by Crippen LogP contribution is -2.35. The molecule has 31 heavy (non-hydrogen) atoms. The van der Waals surface area contributed by atoms with Crippen molar-refractivity contribution >= 4 is 40.0 Å². The summed E-state index contributed by atoms with van der Waals surface area (Å²) in [5.74, 6) is -0.296. The van der Waals surface area contributed by atoms with Crippen molar-refractivity contribution in [3.8, 4) is 0 Å². The highest BCUT2D eigenvalue weighted by atomic mass is 35.5. The lowest BCUT2D eigenvalue weighted by Gasteiger charge is -2.26. The summed E-state index contributed by atoms with van der Waals surface area (Å²) in [5.41, 5.74) is 1.67. The number of anilines is 3. The summed E-state index contributed by atoms with van der Waals surface area (Å²) in [6.45, 7) is 3.99. The first-order valence-corrected chi connectivity index (χ1v) is 10.1. The summed E-state index contributed by atoms with van der Waals surface area (Å²) in [5, 5.41) is 6.85. The quantitative estimate of drug-likeness (QED) is 0.600. The largest absolute Gasteiger partial charge is 0.421 e. The minimum Gasteiger partial charge on any atom is -0.379 e. The van der Waals surface area contributed by atoms with Gasteiger partial charge in [0.2, 0.25) is 5.95 Å². The summed E-state index contributed by atoms with van der Waals surface area (Å²) in [6, 6.07) is 3.71. The zero-order chi connectivity index (χ0) is 22.2. The number of nitrogens with zero attached hydrogens (tertiary/aromatic N) is 4. The normalized spacial score (nSPS) is 15.4. The molecular weight excluding hydrogens is 433 g/mol. The molecular formula is C20H22ClF3N6O. The van der Waals surface area contributed by atoms with Gasteiger partial charge in [-0.3, -0.25) is 4.90 Å². The van der Waals surface area contributed by atoms with Gasteiger partial charge in [0.05, 0.1) is 29.4 Å². The van der Waals surface area contributed by atoms with Gasteiger partial charge < -0.3 is 19.9 Å². The van der Waals surface area contributed by atoms with Gasteiger partial charge in [0, 0.05) is 51.5 Å². The van der Waals surface area contributed by atoms with E-state index in [2.05, 4.69) is 31.7 Å². The number of hydrogen-bond acceptors (Lipinski definition) is 6. The maximum Gasteiger partial charge on any atom is 0.421 e. The molecule has 0 saturated carbocycles. The van der Waals surface area contributed by atoms with Gasteiger partial charge in [-0.15, -0.1) is 0 Å². The van der Waals surface area contributed by atoms with Crippen molar-refractivity contribution in [1.82, 2.24) is 19.4 Å². The molecule has 0 atom stereocenters. The van der Waals surface area contributed by atoms with Gasteiger partial charge in [0.15, 0.2) is 0 Å². The van der Waals surface area contributed by atoms with Crippen LogP contribution in [0, 0.1) is 0 Å². The number of benzene rings is 1. The third-order valence-corrected chi connectivity index (χ3v) is 5.55. The fourth-order valence-electron chi connectivity index (χ4n) is 3.67. The van der Waals surface area contributed by atoms with Crippen molar-refractivity contribution in [2.45, 2.75) is 12.7 Å². The van der Waals surface area contributed by atoms with E-state index < -0.39 is 11.7 Å². The molecule has 1 aliphatic rings. The maximum absolute atomic E-state index is 13.1. The number of ether oxygens (including phenoxy) is 1. The SMILES string of the molecule is CNc1nc(Nc2cc3c(cc2Cl)c(CN2CCOCC2)cn3C)ncc1C(F)(F)F. The molecule has 0 amide bonds. The second-order valence-electron chi connectivity index (χ2n) is 7.33. The van der Waals surface area contributed by atoms with Gasteiger partial charge in [-0.1, -0.05) is 11.6 Å². The van der Waals surface area contributed by atoms with Gasteiger partial charge in [0.1, 0.15) is 11.4 Å². The van der Waals surface area contributed by atoms with Crippen molar-refractivity contribution in [3.63, 3.8) is 0 Å². The smallest absolute Gasteiger partial charge is 0.379 e. The minimum absolute atomic E-state index is 0.0151. The summed E-state index contributed by atoms with van der Waals surface area (Å²) >= 11 is 6.50. The van der Waals surface area contributed by atoms with Crippen LogP contribution in [0.25, 0.3) is 10.9 Å². The van der Waals surface area contributed by atoms with Crippen LogP contribution in [0.5, 0.6) is 0 Å². The molecule has 0 unspecified atom stereocenters. The van der Waals surface area contributed by atoms with Crippen LogP contribution in [0.15, 0.2) is 24.5 Å². The number of nitrogens with one attached hydrogen (secondary N) is 2. The van der Waals surface area contributed by atoms with E-state index in [0.29, 0.717) is 10.7 Å². The molecule has 0 radical (unpaired) electrons. The number of fused-ring (bicyclic) bond motifs is 1. The fourth-order valence-corrected chi connectivity index (χ4v) is 3.88. The zero-order valence-electron chi connectivity index (χ0n) is 17.1. The van der Waals surface area contributed by atoms with Crippen molar-refractivity contribution in [2.75, 3.05) is 44.0 Å². The molecule has 0 spiro atoms. The molecule has 4 rings (SSSR count). The van der Waals surface area contributed by atoms with E-state index in [1.807, 2.05) is 23.7 Å². The molecule has 0 aliphatic carbocycles. The van der Waals surface area contributed by atoms with Gasteiger partial charge >= 0.3 is 6.18 Å². The number of rotatable bonds is 5. The number of aromatic nitrogens is 3. The van der Waals surface area contributed by atoms with Crippen molar-refractivity contribution < 1.29 is 17.9 Å². The fraction of sp³-hybridized carbons (Fsp3) is 0.400. The Morgan fingerprint density at radius 2 is 1.97 bits per heavy atom. The Morgan fingerprint density at radius 3 is 2.65 bits per heavy atom. The number of morpholine rings is 1. The molecule has 1 saturated heterocycles. The Labute approximate surface area is 182 Å². The highest BCUT2D eigenvalue weighted by molar-refractivity contribution is 6.34. The lowest BCUT2D eigenvalue weighted by molar-refractivity contribution is -0.137. The van der Waals surface area contributed by atoms with Gasteiger partial charge in [-0.2, -0.15) is 18.2 Å². The minimum atomic E-state index is -4.55. The maximum atomic E-state index is 13.1. The van der Waals surface area contributed by atoms with Crippen LogP contribution in [-0.4, -0.2) is 52.8 Å². The van der Waals surface area contributed by atoms with Gasteiger partial charge in [-0.05, 0) is 17.7 Å². The van der Waals surface area contributed by atoms with Gasteiger partial charge in [0.25, 0.3) is 0 Å². The van der Waals surface area contributed by atoms with E-state index >= 15 is 0 Å². The average molecular weight is 455 g/mol. The molecule has 2 aromatic heterocycles. The monoisotopic (exact) mass is 454 g/mol. The Hall–Kier alpha value is -2.56. The predicted octanol–water partition coefficient (Wildman–Crippen LogP) is 4.26. The van der Waals surface area contributed by atoms with Crippen molar-refractivity contribution in [1.29, 1.82) is 0 Å². The van der Waals surface area contributed by atoms with E-state index in [0.717, 1.165) is 55.5 Å². The van der Waals surface area contributed by atoms with Crippen LogP contribution in [0.4, 0.5) is 30.6 Å². The van der Waals surface area contributed by atoms with Crippen LogP contribution < -0.4 is 10.6 Å². The number of aryl methyl sites for hydroxylation is 1. The Morgan fingerprint density at radius 1 is 1.23 bits per heavy atom. The van der Waals surface area contributed by atoms with E-state index in [1.165, 1.54) is 7.05 Å². The summed E-state index contributed by atoms with van der Waals surface area (Å²) < 4.78 is 46.6. The standard InChI is InChI=1S/C20H22ClF3N6O/c1-25-18-14(20(22,23)24)9-26-19(28-18)27-16-8-17-13(7-15(16)21)12(10-29(17)2)11-30-3-5-31-6-4-30/h7-10H,3-6,11H2,1-2H3,(H2,25,26,27,28). The second-order valence-corrected chi connectivity index (χ2v) is 7.74. The number of halogens is 4. The third kappa shape index (κ3) is 4.56.